The lowest BCUT2D eigenvalue weighted by Crippen LogP contribution is -2.46. The van der Waals surface area contributed by atoms with Crippen molar-refractivity contribution in [2.75, 3.05) is 11.9 Å². The maximum atomic E-state index is 12.0. The van der Waals surface area contributed by atoms with Crippen LogP contribution in [-0.4, -0.2) is 24.4 Å². The van der Waals surface area contributed by atoms with Gasteiger partial charge in [0, 0.05) is 10.6 Å². The van der Waals surface area contributed by atoms with Crippen molar-refractivity contribution in [3.05, 3.63) is 51.7 Å². The number of hydrogen-bond donors (Lipinski definition) is 4. The first-order valence-corrected chi connectivity index (χ1v) is 8.59. The van der Waals surface area contributed by atoms with Crippen molar-refractivity contribution in [1.29, 1.82) is 0 Å². The molecule has 2 rings (SSSR count). The van der Waals surface area contributed by atoms with Gasteiger partial charge in [0.2, 0.25) is 0 Å². The normalized spacial score (nSPS) is 10.0. The molecule has 1 aromatic carbocycles. The van der Waals surface area contributed by atoms with E-state index >= 15 is 0 Å². The van der Waals surface area contributed by atoms with Crippen molar-refractivity contribution in [3.8, 4) is 0 Å². The number of carbonyl (C=O) groups excluding carboxylic acids is 3. The molecule has 4 N–H and O–H groups in total. The number of benzene rings is 1. The highest BCUT2D eigenvalue weighted by molar-refractivity contribution is 7.14. The van der Waals surface area contributed by atoms with E-state index in [1.807, 2.05) is 19.9 Å². The minimum absolute atomic E-state index is 0.261. The van der Waals surface area contributed by atoms with Crippen molar-refractivity contribution in [2.24, 2.45) is 0 Å². The van der Waals surface area contributed by atoms with Crippen LogP contribution in [0.1, 0.15) is 27.0 Å². The topological polar surface area (TPSA) is 99.3 Å². The average molecular weight is 360 g/mol. The van der Waals surface area contributed by atoms with Gasteiger partial charge in [-0.2, -0.15) is 0 Å². The molecule has 0 spiro atoms. The van der Waals surface area contributed by atoms with Crippen molar-refractivity contribution in [2.45, 2.75) is 20.3 Å². The molecular weight excluding hydrogens is 340 g/mol. The lowest BCUT2D eigenvalue weighted by Gasteiger charge is -2.08. The fraction of sp³-hybridized carbons (Fsp3) is 0.235. The molecule has 4 amide bonds. The lowest BCUT2D eigenvalue weighted by molar-refractivity contribution is -0.120. The van der Waals surface area contributed by atoms with Gasteiger partial charge in [0.15, 0.2) is 0 Å². The SMILES string of the molecule is CCc1sc(C(=O)NNC(=O)CNC(=O)Nc2ccccc2)cc1C. The molecule has 0 aliphatic carbocycles. The molecule has 2 aromatic rings. The fourth-order valence-corrected chi connectivity index (χ4v) is 3.08. The monoisotopic (exact) mass is 360 g/mol. The van der Waals surface area contributed by atoms with Crippen LogP contribution in [0.3, 0.4) is 0 Å². The maximum absolute atomic E-state index is 12.0. The van der Waals surface area contributed by atoms with Crippen LogP contribution in [0.4, 0.5) is 10.5 Å². The Morgan fingerprint density at radius 1 is 1.08 bits per heavy atom. The van der Waals surface area contributed by atoms with Crippen LogP contribution in [0.2, 0.25) is 0 Å². The molecule has 8 heteroatoms. The van der Waals surface area contributed by atoms with Crippen molar-refractivity contribution in [3.63, 3.8) is 0 Å². The zero-order valence-corrected chi connectivity index (χ0v) is 14.8. The van der Waals surface area contributed by atoms with Crippen molar-refractivity contribution < 1.29 is 14.4 Å². The number of nitrogens with one attached hydrogen (secondary N) is 4. The number of carbonyl (C=O) groups is 3. The Morgan fingerprint density at radius 3 is 2.44 bits per heavy atom. The Hall–Kier alpha value is -2.87. The predicted molar refractivity (Wildman–Crippen MR) is 97.5 cm³/mol. The molecule has 0 saturated carbocycles. The molecule has 0 radical (unpaired) electrons. The molecule has 132 valence electrons. The number of amides is 4. The number of para-hydroxylation sites is 1. The van der Waals surface area contributed by atoms with E-state index in [0.717, 1.165) is 16.9 Å². The highest BCUT2D eigenvalue weighted by Crippen LogP contribution is 2.21. The van der Waals surface area contributed by atoms with Gasteiger partial charge in [0.05, 0.1) is 4.88 Å². The quantitative estimate of drug-likeness (QED) is 0.615. The minimum atomic E-state index is -0.527. The molecule has 1 aromatic heterocycles. The van der Waals surface area contributed by atoms with Gasteiger partial charge < -0.3 is 10.6 Å². The molecule has 0 aliphatic heterocycles. The second kappa shape index (κ2) is 8.84. The number of anilines is 1. The minimum Gasteiger partial charge on any atom is -0.329 e. The number of aryl methyl sites for hydroxylation is 2. The number of hydrazine groups is 1. The standard InChI is InChI=1S/C17H20N4O3S/c1-3-13-11(2)9-14(25-13)16(23)21-20-15(22)10-18-17(24)19-12-7-5-4-6-8-12/h4-9H,3,10H2,1-2H3,(H,20,22)(H,21,23)(H2,18,19,24). The number of thiophene rings is 1. The first-order chi connectivity index (χ1) is 12.0. The third-order valence-corrected chi connectivity index (χ3v) is 4.70. The molecule has 0 bridgehead atoms. The molecule has 0 saturated heterocycles. The average Bonchev–Trinajstić information content (AvgIpc) is 2.99. The van der Waals surface area contributed by atoms with Gasteiger partial charge in [0.25, 0.3) is 11.8 Å². The smallest absolute Gasteiger partial charge is 0.319 e. The number of rotatable bonds is 5. The van der Waals surface area contributed by atoms with Gasteiger partial charge in [0.1, 0.15) is 6.54 Å². The van der Waals surface area contributed by atoms with Gasteiger partial charge in [-0.15, -0.1) is 11.3 Å². The zero-order chi connectivity index (χ0) is 18.2. The third-order valence-electron chi connectivity index (χ3n) is 3.32. The first kappa shape index (κ1) is 18.5. The van der Waals surface area contributed by atoms with Crippen molar-refractivity contribution >= 4 is 34.9 Å². The molecule has 0 fully saturated rings. The van der Waals surface area contributed by atoms with Crippen LogP contribution >= 0.6 is 11.3 Å². The van der Waals surface area contributed by atoms with E-state index < -0.39 is 11.9 Å². The molecular formula is C17H20N4O3S. The van der Waals surface area contributed by atoms with Gasteiger partial charge in [-0.25, -0.2) is 4.79 Å². The van der Waals surface area contributed by atoms with Crippen LogP contribution in [0.15, 0.2) is 36.4 Å². The highest BCUT2D eigenvalue weighted by Gasteiger charge is 2.12. The summed E-state index contributed by atoms with van der Waals surface area (Å²) in [6.07, 6.45) is 0.858. The Bertz CT molecular complexity index is 759. The summed E-state index contributed by atoms with van der Waals surface area (Å²) in [7, 11) is 0. The fourth-order valence-electron chi connectivity index (χ4n) is 2.07. The Morgan fingerprint density at radius 2 is 1.80 bits per heavy atom. The Labute approximate surface area is 149 Å². The molecule has 25 heavy (non-hydrogen) atoms. The second-order valence-corrected chi connectivity index (χ2v) is 6.38. The van der Waals surface area contributed by atoms with E-state index in [1.165, 1.54) is 11.3 Å². The Balaban J connectivity index is 1.73. The van der Waals surface area contributed by atoms with Gasteiger partial charge >= 0.3 is 6.03 Å². The molecule has 1 heterocycles. The Kier molecular flexibility index (Phi) is 6.53. The van der Waals surface area contributed by atoms with Gasteiger partial charge in [-0.3, -0.25) is 20.4 Å². The van der Waals surface area contributed by atoms with Gasteiger partial charge in [-0.05, 0) is 37.1 Å². The first-order valence-electron chi connectivity index (χ1n) is 7.78. The zero-order valence-electron chi connectivity index (χ0n) is 14.0. The second-order valence-electron chi connectivity index (χ2n) is 5.25. The van der Waals surface area contributed by atoms with Crippen LogP contribution in [0.25, 0.3) is 0 Å². The largest absolute Gasteiger partial charge is 0.329 e. The molecule has 0 unspecified atom stereocenters. The molecule has 0 atom stereocenters. The number of hydrogen-bond acceptors (Lipinski definition) is 4. The van der Waals surface area contributed by atoms with E-state index in [0.29, 0.717) is 10.6 Å². The van der Waals surface area contributed by atoms with Crippen LogP contribution in [0, 0.1) is 6.92 Å². The molecule has 0 aliphatic rings. The highest BCUT2D eigenvalue weighted by atomic mass is 32.1. The van der Waals surface area contributed by atoms with E-state index in [1.54, 1.807) is 30.3 Å². The van der Waals surface area contributed by atoms with Gasteiger partial charge in [-0.1, -0.05) is 25.1 Å². The van der Waals surface area contributed by atoms with Crippen LogP contribution < -0.4 is 21.5 Å². The van der Waals surface area contributed by atoms with E-state index in [4.69, 9.17) is 0 Å². The van der Waals surface area contributed by atoms with Crippen molar-refractivity contribution in [1.82, 2.24) is 16.2 Å². The maximum Gasteiger partial charge on any atom is 0.319 e. The summed E-state index contributed by atoms with van der Waals surface area (Å²) < 4.78 is 0. The third kappa shape index (κ3) is 5.61. The summed E-state index contributed by atoms with van der Waals surface area (Å²) in [6.45, 7) is 3.71. The predicted octanol–water partition coefficient (Wildman–Crippen LogP) is 2.20. The summed E-state index contributed by atoms with van der Waals surface area (Å²) in [6, 6.07) is 10.1. The van der Waals surface area contributed by atoms with Crippen LogP contribution in [-0.2, 0) is 11.2 Å². The summed E-state index contributed by atoms with van der Waals surface area (Å²) in [5.74, 6) is -0.907. The van der Waals surface area contributed by atoms with E-state index in [2.05, 4.69) is 21.5 Å². The van der Waals surface area contributed by atoms with Crippen LogP contribution in [0.5, 0.6) is 0 Å². The summed E-state index contributed by atoms with van der Waals surface area (Å²) in [5.41, 5.74) is 6.29. The van der Waals surface area contributed by atoms with E-state index in [9.17, 15) is 14.4 Å². The summed E-state index contributed by atoms with van der Waals surface area (Å²) in [4.78, 5) is 37.0. The number of urea groups is 1. The lowest BCUT2D eigenvalue weighted by atomic mass is 10.2. The molecule has 7 nitrogen and oxygen atoms in total. The summed E-state index contributed by atoms with van der Waals surface area (Å²) in [5, 5.41) is 4.99. The summed E-state index contributed by atoms with van der Waals surface area (Å²) >= 11 is 1.40. The van der Waals surface area contributed by atoms with E-state index in [-0.39, 0.29) is 12.5 Å².